The van der Waals surface area contributed by atoms with Gasteiger partial charge in [-0.1, -0.05) is 0 Å². The number of sulfonamides is 1. The Labute approximate surface area is 94.7 Å². The highest BCUT2D eigenvalue weighted by Gasteiger charge is 2.15. The Hall–Kier alpha value is -0.420. The molecule has 0 bridgehead atoms. The fourth-order valence-corrected chi connectivity index (χ4v) is 3.84. The molecule has 1 N–H and O–H groups in total. The SMILES string of the molecule is N#CCCNS(=O)(=O)c1ccc(Br)s1. The van der Waals surface area contributed by atoms with Crippen LogP contribution >= 0.6 is 27.3 Å². The van der Waals surface area contributed by atoms with Gasteiger partial charge in [-0.25, -0.2) is 13.1 Å². The van der Waals surface area contributed by atoms with E-state index in [0.717, 1.165) is 15.1 Å². The minimum absolute atomic E-state index is 0.147. The maximum atomic E-state index is 11.5. The van der Waals surface area contributed by atoms with Gasteiger partial charge in [0.25, 0.3) is 0 Å². The third-order valence-corrected chi connectivity index (χ3v) is 4.92. The normalized spacial score (nSPS) is 11.1. The topological polar surface area (TPSA) is 70.0 Å². The van der Waals surface area contributed by atoms with Crippen LogP contribution in [0.4, 0.5) is 0 Å². The van der Waals surface area contributed by atoms with Crippen molar-refractivity contribution < 1.29 is 8.42 Å². The van der Waals surface area contributed by atoms with Crippen molar-refractivity contribution in [1.82, 2.24) is 4.72 Å². The number of nitriles is 1. The number of hydrogen-bond donors (Lipinski definition) is 1. The standard InChI is InChI=1S/C7H7BrN2O2S2/c8-6-2-3-7(13-6)14(11,12)10-5-1-4-9/h2-3,10H,1,5H2. The van der Waals surface area contributed by atoms with E-state index in [4.69, 9.17) is 5.26 Å². The predicted octanol–water partition coefficient (Wildman–Crippen LogP) is 1.70. The fourth-order valence-electron chi connectivity index (χ4n) is 0.755. The summed E-state index contributed by atoms with van der Waals surface area (Å²) in [5.74, 6) is 0. The summed E-state index contributed by atoms with van der Waals surface area (Å²) in [5.41, 5.74) is 0. The van der Waals surface area contributed by atoms with Crippen molar-refractivity contribution >= 4 is 37.3 Å². The zero-order valence-corrected chi connectivity index (χ0v) is 10.2. The lowest BCUT2D eigenvalue weighted by Crippen LogP contribution is -2.23. The minimum Gasteiger partial charge on any atom is -0.209 e. The Morgan fingerprint density at radius 3 is 2.79 bits per heavy atom. The minimum atomic E-state index is -3.42. The Bertz CT molecular complexity index is 447. The van der Waals surface area contributed by atoms with Crippen molar-refractivity contribution in [2.75, 3.05) is 6.54 Å². The third kappa shape index (κ3) is 3.06. The molecule has 0 fully saturated rings. The molecule has 14 heavy (non-hydrogen) atoms. The highest BCUT2D eigenvalue weighted by molar-refractivity contribution is 9.11. The summed E-state index contributed by atoms with van der Waals surface area (Å²) < 4.78 is 26.3. The van der Waals surface area contributed by atoms with Crippen LogP contribution in [0.1, 0.15) is 6.42 Å². The summed E-state index contributed by atoms with van der Waals surface area (Å²) >= 11 is 4.32. The maximum absolute atomic E-state index is 11.5. The molecular formula is C7H7BrN2O2S2. The van der Waals surface area contributed by atoms with Gasteiger partial charge in [0.15, 0.2) is 0 Å². The van der Waals surface area contributed by atoms with Crippen molar-refractivity contribution in [2.45, 2.75) is 10.6 Å². The number of nitrogens with one attached hydrogen (secondary N) is 1. The van der Waals surface area contributed by atoms with Crippen LogP contribution in [0, 0.1) is 11.3 Å². The van der Waals surface area contributed by atoms with Gasteiger partial charge in [-0.05, 0) is 28.1 Å². The second kappa shape index (κ2) is 4.89. The first-order valence-electron chi connectivity index (χ1n) is 3.68. The van der Waals surface area contributed by atoms with Crippen LogP contribution in [-0.4, -0.2) is 15.0 Å². The Balaban J connectivity index is 2.72. The van der Waals surface area contributed by atoms with Crippen LogP contribution < -0.4 is 4.72 Å². The summed E-state index contributed by atoms with van der Waals surface area (Å²) in [4.78, 5) is 0. The zero-order chi connectivity index (χ0) is 10.6. The molecule has 0 atom stereocenters. The molecule has 0 aromatic carbocycles. The molecule has 0 saturated heterocycles. The van der Waals surface area contributed by atoms with Crippen molar-refractivity contribution in [1.29, 1.82) is 5.26 Å². The van der Waals surface area contributed by atoms with Gasteiger partial charge in [0.2, 0.25) is 10.0 Å². The van der Waals surface area contributed by atoms with Crippen LogP contribution in [0.5, 0.6) is 0 Å². The van der Waals surface area contributed by atoms with Gasteiger partial charge < -0.3 is 0 Å². The second-order valence-electron chi connectivity index (χ2n) is 2.36. The van der Waals surface area contributed by atoms with Gasteiger partial charge in [-0.15, -0.1) is 11.3 Å². The fraction of sp³-hybridized carbons (Fsp3) is 0.286. The molecule has 1 heterocycles. The van der Waals surface area contributed by atoms with Crippen LogP contribution in [-0.2, 0) is 10.0 Å². The Morgan fingerprint density at radius 2 is 2.29 bits per heavy atom. The highest BCUT2D eigenvalue weighted by Crippen LogP contribution is 2.25. The largest absolute Gasteiger partial charge is 0.250 e. The number of halogens is 1. The van der Waals surface area contributed by atoms with E-state index in [2.05, 4.69) is 20.7 Å². The van der Waals surface area contributed by atoms with E-state index in [1.165, 1.54) is 6.07 Å². The number of rotatable bonds is 4. The smallest absolute Gasteiger partial charge is 0.209 e. The summed E-state index contributed by atoms with van der Waals surface area (Å²) in [7, 11) is -3.42. The van der Waals surface area contributed by atoms with E-state index in [9.17, 15) is 8.42 Å². The predicted molar refractivity (Wildman–Crippen MR) is 57.4 cm³/mol. The summed E-state index contributed by atoms with van der Waals surface area (Å²) in [6.45, 7) is 0.147. The van der Waals surface area contributed by atoms with E-state index in [-0.39, 0.29) is 17.2 Å². The lowest BCUT2D eigenvalue weighted by molar-refractivity contribution is 0.584. The molecule has 1 rings (SSSR count). The molecule has 0 aliphatic heterocycles. The second-order valence-corrected chi connectivity index (χ2v) is 6.82. The quantitative estimate of drug-likeness (QED) is 0.860. The monoisotopic (exact) mass is 294 g/mol. The van der Waals surface area contributed by atoms with Gasteiger partial charge in [0.05, 0.1) is 9.86 Å². The van der Waals surface area contributed by atoms with E-state index < -0.39 is 10.0 Å². The zero-order valence-electron chi connectivity index (χ0n) is 7.03. The average molecular weight is 295 g/mol. The highest BCUT2D eigenvalue weighted by atomic mass is 79.9. The molecule has 0 saturated carbocycles. The lowest BCUT2D eigenvalue weighted by Gasteiger charge is -2.00. The van der Waals surface area contributed by atoms with E-state index in [0.29, 0.717) is 0 Å². The van der Waals surface area contributed by atoms with Crippen molar-refractivity contribution in [3.05, 3.63) is 15.9 Å². The first-order valence-corrected chi connectivity index (χ1v) is 6.77. The number of nitrogens with zero attached hydrogens (tertiary/aromatic N) is 1. The molecule has 1 aromatic rings. The first-order chi connectivity index (χ1) is 6.56. The molecule has 0 spiro atoms. The van der Waals surface area contributed by atoms with Crippen molar-refractivity contribution in [3.63, 3.8) is 0 Å². The van der Waals surface area contributed by atoms with Gasteiger partial charge in [-0.3, -0.25) is 0 Å². The molecular weight excluding hydrogens is 288 g/mol. The van der Waals surface area contributed by atoms with Gasteiger partial charge >= 0.3 is 0 Å². The van der Waals surface area contributed by atoms with E-state index >= 15 is 0 Å². The molecule has 4 nitrogen and oxygen atoms in total. The maximum Gasteiger partial charge on any atom is 0.250 e. The molecule has 0 aliphatic rings. The molecule has 76 valence electrons. The van der Waals surface area contributed by atoms with Gasteiger partial charge in [0.1, 0.15) is 4.21 Å². The average Bonchev–Trinajstić information content (AvgIpc) is 2.53. The van der Waals surface area contributed by atoms with Crippen LogP contribution in [0.3, 0.4) is 0 Å². The van der Waals surface area contributed by atoms with Gasteiger partial charge in [0, 0.05) is 13.0 Å². The summed E-state index contributed by atoms with van der Waals surface area (Å²) in [6, 6.07) is 5.05. The first kappa shape index (κ1) is 11.7. The molecule has 7 heteroatoms. The molecule has 0 radical (unpaired) electrons. The van der Waals surface area contributed by atoms with Gasteiger partial charge in [-0.2, -0.15) is 5.26 Å². The van der Waals surface area contributed by atoms with E-state index in [1.54, 1.807) is 6.07 Å². The lowest BCUT2D eigenvalue weighted by atomic mass is 10.5. The van der Waals surface area contributed by atoms with Crippen LogP contribution in [0.15, 0.2) is 20.1 Å². The number of hydrogen-bond acceptors (Lipinski definition) is 4. The molecule has 0 aliphatic carbocycles. The van der Waals surface area contributed by atoms with E-state index in [1.807, 2.05) is 6.07 Å². The van der Waals surface area contributed by atoms with Crippen molar-refractivity contribution in [3.8, 4) is 6.07 Å². The van der Waals surface area contributed by atoms with Crippen LogP contribution in [0.2, 0.25) is 0 Å². The Morgan fingerprint density at radius 1 is 1.57 bits per heavy atom. The molecule has 1 aromatic heterocycles. The van der Waals surface area contributed by atoms with Crippen molar-refractivity contribution in [2.24, 2.45) is 0 Å². The molecule has 0 amide bonds. The third-order valence-electron chi connectivity index (χ3n) is 1.34. The molecule has 0 unspecified atom stereocenters. The van der Waals surface area contributed by atoms with Crippen LogP contribution in [0.25, 0.3) is 0 Å². The summed E-state index contributed by atoms with van der Waals surface area (Å²) in [6.07, 6.45) is 0.172. The number of thiophene rings is 1. The Kier molecular flexibility index (Phi) is 4.07. The summed E-state index contributed by atoms with van der Waals surface area (Å²) in [5, 5.41) is 8.25.